The van der Waals surface area contributed by atoms with Gasteiger partial charge in [-0.3, -0.25) is 4.72 Å². The maximum atomic E-state index is 12.2. The van der Waals surface area contributed by atoms with Gasteiger partial charge in [0, 0.05) is 16.4 Å². The molecule has 5 nitrogen and oxygen atoms in total. The molecule has 0 radical (unpaired) electrons. The van der Waals surface area contributed by atoms with Crippen LogP contribution in [0.1, 0.15) is 0 Å². The van der Waals surface area contributed by atoms with Crippen molar-refractivity contribution in [2.45, 2.75) is 9.79 Å². The van der Waals surface area contributed by atoms with Crippen LogP contribution >= 0.6 is 15.9 Å². The third kappa shape index (κ3) is 3.84. The zero-order chi connectivity index (χ0) is 15.7. The Morgan fingerprint density at radius 1 is 0.905 bits per heavy atom. The Kier molecular flexibility index (Phi) is 4.40. The van der Waals surface area contributed by atoms with Gasteiger partial charge in [-0.05, 0) is 52.3 Å². The lowest BCUT2D eigenvalue weighted by molar-refractivity contribution is 0.600. The van der Waals surface area contributed by atoms with E-state index in [1.807, 2.05) is 0 Å². The predicted octanol–water partition coefficient (Wildman–Crippen LogP) is 2.65. The van der Waals surface area contributed by atoms with E-state index in [2.05, 4.69) is 20.7 Å². The Morgan fingerprint density at radius 2 is 1.48 bits per heavy atom. The topological polar surface area (TPSA) is 80.3 Å². The standard InChI is InChI=1S/C13H12BrNO4S2/c1-20(16,17)11-8-6-10(7-9-11)15-21(18,19)13-5-3-2-4-12(13)14/h2-9,15H,1H3. The van der Waals surface area contributed by atoms with Crippen LogP contribution in [0.15, 0.2) is 62.8 Å². The van der Waals surface area contributed by atoms with E-state index in [4.69, 9.17) is 0 Å². The van der Waals surface area contributed by atoms with Crippen LogP contribution in [-0.4, -0.2) is 23.1 Å². The number of hydrogen-bond acceptors (Lipinski definition) is 4. The van der Waals surface area contributed by atoms with E-state index in [-0.39, 0.29) is 15.5 Å². The Balaban J connectivity index is 2.32. The van der Waals surface area contributed by atoms with Crippen molar-refractivity contribution in [2.75, 3.05) is 11.0 Å². The van der Waals surface area contributed by atoms with Gasteiger partial charge in [-0.1, -0.05) is 12.1 Å². The molecule has 8 heteroatoms. The summed E-state index contributed by atoms with van der Waals surface area (Å²) in [6, 6.07) is 11.9. The Morgan fingerprint density at radius 3 is 2.00 bits per heavy atom. The van der Waals surface area contributed by atoms with Crippen LogP contribution in [0.4, 0.5) is 5.69 Å². The summed E-state index contributed by atoms with van der Waals surface area (Å²) in [5.41, 5.74) is 0.290. The fourth-order valence-corrected chi connectivity index (χ4v) is 4.34. The SMILES string of the molecule is CS(=O)(=O)c1ccc(NS(=O)(=O)c2ccccc2Br)cc1. The van der Waals surface area contributed by atoms with E-state index in [0.717, 1.165) is 6.26 Å². The minimum Gasteiger partial charge on any atom is -0.280 e. The van der Waals surface area contributed by atoms with E-state index in [9.17, 15) is 16.8 Å². The number of nitrogens with one attached hydrogen (secondary N) is 1. The Hall–Kier alpha value is -1.38. The third-order valence-electron chi connectivity index (χ3n) is 2.66. The first-order chi connectivity index (χ1) is 9.70. The molecule has 0 unspecified atom stereocenters. The smallest absolute Gasteiger partial charge is 0.263 e. The molecule has 0 atom stereocenters. The molecule has 0 aliphatic rings. The summed E-state index contributed by atoms with van der Waals surface area (Å²) in [6.07, 6.45) is 1.09. The molecule has 2 rings (SSSR count). The quantitative estimate of drug-likeness (QED) is 0.871. The molecule has 2 aromatic rings. The summed E-state index contributed by atoms with van der Waals surface area (Å²) in [6.45, 7) is 0. The van der Waals surface area contributed by atoms with Crippen LogP contribution in [0.5, 0.6) is 0 Å². The lowest BCUT2D eigenvalue weighted by atomic mass is 10.3. The largest absolute Gasteiger partial charge is 0.280 e. The molecule has 0 aromatic heterocycles. The highest BCUT2D eigenvalue weighted by molar-refractivity contribution is 9.10. The molecule has 0 aliphatic heterocycles. The zero-order valence-electron chi connectivity index (χ0n) is 10.9. The molecule has 21 heavy (non-hydrogen) atoms. The third-order valence-corrected chi connectivity index (χ3v) is 6.18. The number of anilines is 1. The first kappa shape index (κ1) is 16.0. The molecule has 0 spiro atoms. The van der Waals surface area contributed by atoms with Crippen molar-refractivity contribution in [3.8, 4) is 0 Å². The molecule has 0 saturated heterocycles. The summed E-state index contributed by atoms with van der Waals surface area (Å²) >= 11 is 3.18. The first-order valence-electron chi connectivity index (χ1n) is 5.77. The molecule has 0 fully saturated rings. The van der Waals surface area contributed by atoms with Gasteiger partial charge in [-0.25, -0.2) is 16.8 Å². The van der Waals surface area contributed by atoms with Gasteiger partial charge in [0.2, 0.25) is 0 Å². The number of benzene rings is 2. The molecule has 0 saturated carbocycles. The molecule has 2 aromatic carbocycles. The van der Waals surface area contributed by atoms with E-state index in [1.54, 1.807) is 18.2 Å². The highest BCUT2D eigenvalue weighted by atomic mass is 79.9. The summed E-state index contributed by atoms with van der Waals surface area (Å²) in [7, 11) is -7.05. The van der Waals surface area contributed by atoms with Crippen molar-refractivity contribution in [1.82, 2.24) is 0 Å². The predicted molar refractivity (Wildman–Crippen MR) is 84.5 cm³/mol. The second kappa shape index (κ2) is 5.78. The molecule has 0 amide bonds. The number of sulfone groups is 1. The van der Waals surface area contributed by atoms with Gasteiger partial charge in [0.25, 0.3) is 10.0 Å². The minimum atomic E-state index is -3.74. The van der Waals surface area contributed by atoms with Crippen LogP contribution in [0.3, 0.4) is 0 Å². The van der Waals surface area contributed by atoms with E-state index >= 15 is 0 Å². The van der Waals surface area contributed by atoms with Crippen molar-refractivity contribution >= 4 is 41.5 Å². The summed E-state index contributed by atoms with van der Waals surface area (Å²) in [4.78, 5) is 0.239. The highest BCUT2D eigenvalue weighted by Gasteiger charge is 2.17. The van der Waals surface area contributed by atoms with Gasteiger partial charge in [-0.15, -0.1) is 0 Å². The number of sulfonamides is 1. The fourth-order valence-electron chi connectivity index (χ4n) is 1.64. The maximum absolute atomic E-state index is 12.2. The Bertz CT molecular complexity index is 859. The molecule has 0 heterocycles. The van der Waals surface area contributed by atoms with E-state index in [0.29, 0.717) is 4.47 Å². The van der Waals surface area contributed by atoms with Gasteiger partial charge in [0.1, 0.15) is 4.90 Å². The molecular formula is C13H12BrNO4S2. The molecular weight excluding hydrogens is 378 g/mol. The highest BCUT2D eigenvalue weighted by Crippen LogP contribution is 2.24. The second-order valence-electron chi connectivity index (χ2n) is 4.33. The van der Waals surface area contributed by atoms with Crippen LogP contribution < -0.4 is 4.72 Å². The van der Waals surface area contributed by atoms with Crippen molar-refractivity contribution in [2.24, 2.45) is 0 Å². The lowest BCUT2D eigenvalue weighted by Crippen LogP contribution is -2.13. The van der Waals surface area contributed by atoms with Crippen molar-refractivity contribution < 1.29 is 16.8 Å². The Labute approximate surface area is 132 Å². The normalized spacial score (nSPS) is 12.1. The van der Waals surface area contributed by atoms with Gasteiger partial charge < -0.3 is 0 Å². The number of hydrogen-bond donors (Lipinski definition) is 1. The van der Waals surface area contributed by atoms with Crippen molar-refractivity contribution in [3.05, 3.63) is 53.0 Å². The van der Waals surface area contributed by atoms with Crippen LogP contribution in [-0.2, 0) is 19.9 Å². The second-order valence-corrected chi connectivity index (χ2v) is 8.85. The minimum absolute atomic E-state index is 0.109. The van der Waals surface area contributed by atoms with Crippen molar-refractivity contribution in [1.29, 1.82) is 0 Å². The number of halogens is 1. The molecule has 1 N–H and O–H groups in total. The average molecular weight is 390 g/mol. The van der Waals surface area contributed by atoms with Crippen molar-refractivity contribution in [3.63, 3.8) is 0 Å². The maximum Gasteiger partial charge on any atom is 0.263 e. The van der Waals surface area contributed by atoms with Gasteiger partial charge in [0.15, 0.2) is 9.84 Å². The summed E-state index contributed by atoms with van der Waals surface area (Å²) in [5.74, 6) is 0. The van der Waals surface area contributed by atoms with E-state index in [1.165, 1.54) is 30.3 Å². The van der Waals surface area contributed by atoms with Crippen LogP contribution in [0, 0.1) is 0 Å². The van der Waals surface area contributed by atoms with Crippen LogP contribution in [0.25, 0.3) is 0 Å². The fraction of sp³-hybridized carbons (Fsp3) is 0.0769. The molecule has 0 bridgehead atoms. The lowest BCUT2D eigenvalue weighted by Gasteiger charge is -2.09. The molecule has 112 valence electrons. The summed E-state index contributed by atoms with van der Waals surface area (Å²) in [5, 5.41) is 0. The van der Waals surface area contributed by atoms with E-state index < -0.39 is 19.9 Å². The average Bonchev–Trinajstić information content (AvgIpc) is 2.38. The summed E-state index contributed by atoms with van der Waals surface area (Å²) < 4.78 is 50.0. The van der Waals surface area contributed by atoms with Gasteiger partial charge >= 0.3 is 0 Å². The monoisotopic (exact) mass is 389 g/mol. The van der Waals surface area contributed by atoms with Gasteiger partial charge in [0.05, 0.1) is 4.90 Å². The van der Waals surface area contributed by atoms with Crippen LogP contribution in [0.2, 0.25) is 0 Å². The first-order valence-corrected chi connectivity index (χ1v) is 9.94. The zero-order valence-corrected chi connectivity index (χ0v) is 14.2. The van der Waals surface area contributed by atoms with Gasteiger partial charge in [-0.2, -0.15) is 0 Å². The molecule has 0 aliphatic carbocycles. The number of rotatable bonds is 4.